The summed E-state index contributed by atoms with van der Waals surface area (Å²) in [7, 11) is 0. The van der Waals surface area contributed by atoms with Crippen molar-refractivity contribution >= 4 is 17.3 Å². The summed E-state index contributed by atoms with van der Waals surface area (Å²) in [6, 6.07) is 7.45. The van der Waals surface area contributed by atoms with Gasteiger partial charge in [0.15, 0.2) is 0 Å². The Kier molecular flexibility index (Phi) is 4.32. The van der Waals surface area contributed by atoms with Gasteiger partial charge in [0, 0.05) is 17.6 Å². The van der Waals surface area contributed by atoms with Crippen molar-refractivity contribution in [3.63, 3.8) is 0 Å². The van der Waals surface area contributed by atoms with Crippen LogP contribution in [0.25, 0.3) is 0 Å². The summed E-state index contributed by atoms with van der Waals surface area (Å²) >= 11 is 0. The number of aryl methyl sites for hydroxylation is 1. The number of benzene rings is 1. The molecule has 21 heavy (non-hydrogen) atoms. The number of nitrogens with zero attached hydrogens (tertiary/aromatic N) is 1. The van der Waals surface area contributed by atoms with E-state index in [-0.39, 0.29) is 22.7 Å². The molecule has 1 aromatic carbocycles. The summed E-state index contributed by atoms with van der Waals surface area (Å²) in [4.78, 5) is 16.1. The Hall–Kier alpha value is -2.70. The van der Waals surface area contributed by atoms with Gasteiger partial charge in [0.2, 0.25) is 0 Å². The fraction of sp³-hybridized carbons (Fsp3) is 0.143. The minimum Gasteiger partial charge on any atom is -0.433 e. The third kappa shape index (κ3) is 3.65. The van der Waals surface area contributed by atoms with Crippen LogP contribution in [0.15, 0.2) is 36.5 Å². The zero-order valence-electron chi connectivity index (χ0n) is 11.1. The van der Waals surface area contributed by atoms with Gasteiger partial charge in [-0.1, -0.05) is 12.1 Å². The summed E-state index contributed by atoms with van der Waals surface area (Å²) in [5.74, 6) is -0.676. The molecule has 0 aliphatic heterocycles. The molecule has 1 heterocycles. The molecule has 0 unspecified atom stereocenters. The van der Waals surface area contributed by atoms with Gasteiger partial charge in [-0.3, -0.25) is 9.78 Å². The predicted molar refractivity (Wildman–Crippen MR) is 74.4 cm³/mol. The third-order valence-electron chi connectivity index (χ3n) is 2.67. The maximum Gasteiger partial charge on any atom is 0.387 e. The van der Waals surface area contributed by atoms with Gasteiger partial charge < -0.3 is 15.8 Å². The Morgan fingerprint density at radius 2 is 2.10 bits per heavy atom. The number of hydrogen-bond acceptors (Lipinski definition) is 4. The van der Waals surface area contributed by atoms with Crippen LogP contribution in [0.2, 0.25) is 0 Å². The first-order valence-corrected chi connectivity index (χ1v) is 6.04. The number of anilines is 2. The molecule has 7 heteroatoms. The number of hydrogen-bond donors (Lipinski definition) is 2. The summed E-state index contributed by atoms with van der Waals surface area (Å²) in [6.07, 6.45) is 1.33. The average molecular weight is 293 g/mol. The first-order valence-electron chi connectivity index (χ1n) is 6.04. The van der Waals surface area contributed by atoms with Gasteiger partial charge in [-0.25, -0.2) is 0 Å². The molecule has 110 valence electrons. The number of aromatic nitrogens is 1. The van der Waals surface area contributed by atoms with Crippen molar-refractivity contribution in [1.82, 2.24) is 4.98 Å². The lowest BCUT2D eigenvalue weighted by atomic mass is 10.2. The fourth-order valence-electron chi connectivity index (χ4n) is 1.73. The highest BCUT2D eigenvalue weighted by Crippen LogP contribution is 2.26. The fourth-order valence-corrected chi connectivity index (χ4v) is 1.73. The Bertz CT molecular complexity index is 662. The van der Waals surface area contributed by atoms with Crippen molar-refractivity contribution in [2.75, 3.05) is 11.1 Å². The van der Waals surface area contributed by atoms with Gasteiger partial charge in [-0.2, -0.15) is 8.78 Å². The molecule has 5 nitrogen and oxygen atoms in total. The van der Waals surface area contributed by atoms with E-state index in [2.05, 4.69) is 15.0 Å². The van der Waals surface area contributed by atoms with Gasteiger partial charge >= 0.3 is 6.61 Å². The minimum atomic E-state index is -2.98. The number of nitrogens with two attached hydrogens (primary N) is 1. The van der Waals surface area contributed by atoms with Gasteiger partial charge in [0.1, 0.15) is 5.75 Å². The molecule has 0 radical (unpaired) electrons. The largest absolute Gasteiger partial charge is 0.433 e. The zero-order valence-corrected chi connectivity index (χ0v) is 11.1. The Morgan fingerprint density at radius 3 is 2.76 bits per heavy atom. The molecule has 0 aliphatic rings. The van der Waals surface area contributed by atoms with E-state index in [0.717, 1.165) is 0 Å². The van der Waals surface area contributed by atoms with E-state index in [9.17, 15) is 13.6 Å². The van der Waals surface area contributed by atoms with Crippen LogP contribution in [0, 0.1) is 6.92 Å². The van der Waals surface area contributed by atoms with E-state index in [1.54, 1.807) is 19.1 Å². The zero-order chi connectivity index (χ0) is 15.4. The van der Waals surface area contributed by atoms with Crippen LogP contribution in [0.1, 0.15) is 16.1 Å². The number of rotatable bonds is 4. The third-order valence-corrected chi connectivity index (χ3v) is 2.67. The van der Waals surface area contributed by atoms with Crippen molar-refractivity contribution in [1.29, 1.82) is 0 Å². The Morgan fingerprint density at radius 1 is 1.38 bits per heavy atom. The van der Waals surface area contributed by atoms with Crippen LogP contribution in [0.4, 0.5) is 20.2 Å². The molecule has 0 aliphatic carbocycles. The number of carbonyl (C=O) groups excluding carboxylic acids is 1. The van der Waals surface area contributed by atoms with Crippen molar-refractivity contribution in [3.05, 3.63) is 47.8 Å². The summed E-state index contributed by atoms with van der Waals surface area (Å²) in [5, 5.41) is 2.48. The number of pyridine rings is 1. The van der Waals surface area contributed by atoms with Crippen LogP contribution in [0.5, 0.6) is 5.75 Å². The molecule has 3 N–H and O–H groups in total. The number of halogens is 2. The van der Waals surface area contributed by atoms with Crippen molar-refractivity contribution in [2.45, 2.75) is 13.5 Å². The second kappa shape index (κ2) is 6.17. The van der Waals surface area contributed by atoms with Crippen LogP contribution in [-0.4, -0.2) is 17.5 Å². The van der Waals surface area contributed by atoms with Crippen molar-refractivity contribution in [3.8, 4) is 5.75 Å². The van der Waals surface area contributed by atoms with E-state index < -0.39 is 12.5 Å². The first kappa shape index (κ1) is 14.7. The maximum atomic E-state index is 12.3. The summed E-state index contributed by atoms with van der Waals surface area (Å²) < 4.78 is 28.9. The molecule has 0 spiro atoms. The Labute approximate surface area is 119 Å². The van der Waals surface area contributed by atoms with E-state index in [1.807, 2.05) is 0 Å². The number of alkyl halides is 2. The van der Waals surface area contributed by atoms with Gasteiger partial charge in [0.25, 0.3) is 5.91 Å². The number of amides is 1. The first-order chi connectivity index (χ1) is 9.97. The van der Waals surface area contributed by atoms with Crippen molar-refractivity contribution in [2.24, 2.45) is 0 Å². The highest BCUT2D eigenvalue weighted by Gasteiger charge is 2.14. The van der Waals surface area contributed by atoms with E-state index in [4.69, 9.17) is 5.73 Å². The average Bonchev–Trinajstić information content (AvgIpc) is 2.40. The lowest BCUT2D eigenvalue weighted by molar-refractivity contribution is -0.0493. The monoisotopic (exact) mass is 293 g/mol. The van der Waals surface area contributed by atoms with Crippen LogP contribution in [0.3, 0.4) is 0 Å². The van der Waals surface area contributed by atoms with Gasteiger partial charge in [-0.05, 0) is 25.1 Å². The molecule has 2 aromatic rings. The number of nitrogen functional groups attached to an aromatic ring is 1. The maximum absolute atomic E-state index is 12.3. The molecule has 0 fully saturated rings. The highest BCUT2D eigenvalue weighted by molar-refractivity contribution is 6.08. The normalized spacial score (nSPS) is 10.5. The van der Waals surface area contributed by atoms with E-state index in [0.29, 0.717) is 5.69 Å². The molecule has 2 rings (SSSR count). The second-order valence-corrected chi connectivity index (χ2v) is 4.24. The molecule has 0 atom stereocenters. The van der Waals surface area contributed by atoms with E-state index in [1.165, 1.54) is 24.4 Å². The molecular formula is C14H13F2N3O2. The summed E-state index contributed by atoms with van der Waals surface area (Å²) in [5.41, 5.74) is 6.96. The minimum absolute atomic E-state index is 0.125. The highest BCUT2D eigenvalue weighted by atomic mass is 19.3. The molecule has 0 saturated carbocycles. The van der Waals surface area contributed by atoms with Gasteiger partial charge in [-0.15, -0.1) is 0 Å². The number of para-hydroxylation sites is 2. The van der Waals surface area contributed by atoms with Crippen LogP contribution >= 0.6 is 0 Å². The molecule has 1 aromatic heterocycles. The second-order valence-electron chi connectivity index (χ2n) is 4.24. The molecular weight excluding hydrogens is 280 g/mol. The lowest BCUT2D eigenvalue weighted by Gasteiger charge is -2.12. The smallest absolute Gasteiger partial charge is 0.387 e. The van der Waals surface area contributed by atoms with Gasteiger partial charge in [0.05, 0.1) is 11.3 Å². The summed E-state index contributed by atoms with van der Waals surface area (Å²) in [6.45, 7) is -1.24. The SMILES string of the molecule is Cc1cc(N)c(C(=O)Nc2ccccc2OC(F)F)cn1. The van der Waals surface area contributed by atoms with Crippen LogP contribution in [-0.2, 0) is 0 Å². The number of ether oxygens (including phenoxy) is 1. The topological polar surface area (TPSA) is 77.2 Å². The Balaban J connectivity index is 2.23. The predicted octanol–water partition coefficient (Wildman–Crippen LogP) is 2.83. The quantitative estimate of drug-likeness (QED) is 0.908. The van der Waals surface area contributed by atoms with E-state index >= 15 is 0 Å². The lowest BCUT2D eigenvalue weighted by Crippen LogP contribution is -2.16. The standard InChI is InChI=1S/C14H13F2N3O2/c1-8-6-10(17)9(7-18-8)13(20)19-11-4-2-3-5-12(11)21-14(15)16/h2-7,14H,1H3,(H2,17,18)(H,19,20). The number of nitrogens with one attached hydrogen (secondary N) is 1. The van der Waals surface area contributed by atoms with Crippen molar-refractivity contribution < 1.29 is 18.3 Å². The van der Waals surface area contributed by atoms with Crippen LogP contribution < -0.4 is 15.8 Å². The number of carbonyl (C=O) groups is 1. The molecule has 1 amide bonds. The molecule has 0 bridgehead atoms. The molecule has 0 saturated heterocycles.